The SMILES string of the molecule is COc1ccc(C(=O)O[C@@H]2[C@H](OC(=O)c3ccccc3)[C@@H](OC(=O)c3ccccc3)[C@H](O[C@H]3[C@H](OC(=O)c4ccccc4)[C@@H](OC(=O)c4ccccc4)[C@H](O)O[C@@H]3C)O[C@@H]2CO)cc1. The monoisotopic (exact) mass is 876 g/mol. The van der Waals surface area contributed by atoms with E-state index in [1.165, 1.54) is 86.8 Å². The summed E-state index contributed by atoms with van der Waals surface area (Å²) in [6.07, 6.45) is -16.6. The molecule has 5 aromatic rings. The standard InChI is InChI=1S/C48H44O16/c1-28-36(38(60-42(50)29-15-7-3-8-16-29)40(47(55)57-28)62-44(52)31-19-11-5-12-20-31)64-48-41(63-45(53)32-21-13-6-14-22-32)39(61-43(51)30-17-9-4-10-18-30)37(35(27-49)58-48)59-46(54)33-23-25-34(56-2)26-24-33/h3-26,28,35-41,47-49,55H,27H2,1-2H3/t28-,35-,36-,37+,38+,39+,40-,41-,47-,48+/m1/s1. The molecular weight excluding hydrogens is 833 g/mol. The number of carbonyl (C=O) groups excluding carboxylic acids is 5. The van der Waals surface area contributed by atoms with Crippen molar-refractivity contribution in [2.75, 3.05) is 13.7 Å². The van der Waals surface area contributed by atoms with Gasteiger partial charge in [0.05, 0.1) is 47.6 Å². The summed E-state index contributed by atoms with van der Waals surface area (Å²) in [7, 11) is 1.45. The minimum Gasteiger partial charge on any atom is -0.497 e. The van der Waals surface area contributed by atoms with E-state index in [-0.39, 0.29) is 27.8 Å². The lowest BCUT2D eigenvalue weighted by atomic mass is 9.96. The van der Waals surface area contributed by atoms with Gasteiger partial charge in [-0.05, 0) is 79.7 Å². The van der Waals surface area contributed by atoms with Crippen LogP contribution >= 0.6 is 0 Å². The lowest BCUT2D eigenvalue weighted by Gasteiger charge is -2.48. The van der Waals surface area contributed by atoms with Gasteiger partial charge in [0.2, 0.25) is 0 Å². The Hall–Kier alpha value is -6.95. The molecule has 0 aromatic heterocycles. The van der Waals surface area contributed by atoms with Crippen molar-refractivity contribution in [2.24, 2.45) is 0 Å². The molecule has 64 heavy (non-hydrogen) atoms. The highest BCUT2D eigenvalue weighted by Gasteiger charge is 2.57. The summed E-state index contributed by atoms with van der Waals surface area (Å²) in [6, 6.07) is 37.2. The van der Waals surface area contributed by atoms with Crippen molar-refractivity contribution in [2.45, 2.75) is 68.3 Å². The second-order valence-electron chi connectivity index (χ2n) is 14.6. The molecule has 5 aromatic carbocycles. The molecule has 2 saturated heterocycles. The third kappa shape index (κ3) is 10.6. The van der Waals surface area contributed by atoms with Gasteiger partial charge in [-0.25, -0.2) is 24.0 Å². The van der Waals surface area contributed by atoms with Crippen LogP contribution in [0.25, 0.3) is 0 Å². The molecule has 2 N–H and O–H groups in total. The molecule has 0 saturated carbocycles. The molecule has 16 nitrogen and oxygen atoms in total. The molecule has 2 fully saturated rings. The predicted molar refractivity (Wildman–Crippen MR) is 222 cm³/mol. The number of benzene rings is 5. The number of hydrogen-bond donors (Lipinski definition) is 2. The Morgan fingerprint density at radius 1 is 0.469 bits per heavy atom. The lowest BCUT2D eigenvalue weighted by molar-refractivity contribution is -0.348. The molecule has 0 spiro atoms. The van der Waals surface area contributed by atoms with Gasteiger partial charge < -0.3 is 52.8 Å². The lowest BCUT2D eigenvalue weighted by Crippen LogP contribution is -2.66. The summed E-state index contributed by atoms with van der Waals surface area (Å²) in [5.74, 6) is -4.16. The van der Waals surface area contributed by atoms with E-state index in [4.69, 9.17) is 42.6 Å². The number of carbonyl (C=O) groups is 5. The third-order valence-corrected chi connectivity index (χ3v) is 10.4. The van der Waals surface area contributed by atoms with Gasteiger partial charge in [0.15, 0.2) is 43.1 Å². The highest BCUT2D eigenvalue weighted by Crippen LogP contribution is 2.36. The Kier molecular flexibility index (Phi) is 14.8. The molecule has 7 rings (SSSR count). The van der Waals surface area contributed by atoms with Crippen LogP contribution in [0.1, 0.15) is 58.7 Å². The summed E-state index contributed by atoms with van der Waals surface area (Å²) in [4.78, 5) is 68.9. The van der Waals surface area contributed by atoms with E-state index >= 15 is 0 Å². The second kappa shape index (κ2) is 20.9. The van der Waals surface area contributed by atoms with Crippen LogP contribution in [0.5, 0.6) is 5.75 Å². The van der Waals surface area contributed by atoms with Crippen LogP contribution < -0.4 is 4.74 Å². The molecule has 0 aliphatic carbocycles. The van der Waals surface area contributed by atoms with E-state index in [2.05, 4.69) is 0 Å². The minimum atomic E-state index is -1.86. The van der Waals surface area contributed by atoms with Crippen molar-refractivity contribution in [3.8, 4) is 5.75 Å². The number of rotatable bonds is 14. The van der Waals surface area contributed by atoms with E-state index < -0.39 is 97.9 Å². The molecule has 2 aliphatic heterocycles. The second-order valence-corrected chi connectivity index (χ2v) is 14.6. The third-order valence-electron chi connectivity index (χ3n) is 10.4. The van der Waals surface area contributed by atoms with Crippen LogP contribution in [-0.4, -0.2) is 115 Å². The quantitative estimate of drug-likeness (QED) is 0.112. The Morgan fingerprint density at radius 3 is 1.23 bits per heavy atom. The first-order valence-corrected chi connectivity index (χ1v) is 20.2. The number of methoxy groups -OCH3 is 1. The molecule has 10 atom stereocenters. The van der Waals surface area contributed by atoms with E-state index in [1.54, 1.807) is 72.8 Å². The van der Waals surface area contributed by atoms with Gasteiger partial charge in [-0.15, -0.1) is 0 Å². The molecule has 2 aliphatic rings. The molecule has 2 heterocycles. The molecule has 0 amide bonds. The zero-order valence-corrected chi connectivity index (χ0v) is 34.4. The maximum Gasteiger partial charge on any atom is 0.338 e. The normalized spacial score (nSPS) is 25.2. The van der Waals surface area contributed by atoms with E-state index in [0.717, 1.165) is 0 Å². The van der Waals surface area contributed by atoms with Crippen LogP contribution in [0.3, 0.4) is 0 Å². The van der Waals surface area contributed by atoms with Crippen LogP contribution in [0.2, 0.25) is 0 Å². The molecule has 16 heteroatoms. The molecule has 0 radical (unpaired) electrons. The summed E-state index contributed by atoms with van der Waals surface area (Å²) in [6.45, 7) is 0.606. The maximum atomic E-state index is 14.0. The first kappa shape index (κ1) is 45.1. The van der Waals surface area contributed by atoms with Crippen molar-refractivity contribution < 1.29 is 76.8 Å². The fraction of sp³-hybridized carbons (Fsp3) is 0.271. The Labute approximate surface area is 367 Å². The van der Waals surface area contributed by atoms with E-state index in [0.29, 0.717) is 5.75 Å². The van der Waals surface area contributed by atoms with Crippen LogP contribution in [0.15, 0.2) is 146 Å². The predicted octanol–water partition coefficient (Wildman–Crippen LogP) is 4.96. The van der Waals surface area contributed by atoms with E-state index in [1.807, 2.05) is 0 Å². The average molecular weight is 877 g/mol. The Morgan fingerprint density at radius 2 is 0.828 bits per heavy atom. The highest BCUT2D eigenvalue weighted by atomic mass is 16.8. The van der Waals surface area contributed by atoms with Crippen molar-refractivity contribution in [1.82, 2.24) is 0 Å². The van der Waals surface area contributed by atoms with Crippen LogP contribution in [0.4, 0.5) is 0 Å². The number of ether oxygens (including phenoxy) is 9. The zero-order valence-electron chi connectivity index (χ0n) is 34.4. The number of hydrogen-bond acceptors (Lipinski definition) is 16. The topological polar surface area (TPSA) is 209 Å². The van der Waals surface area contributed by atoms with Gasteiger partial charge in [-0.3, -0.25) is 0 Å². The fourth-order valence-corrected chi connectivity index (χ4v) is 7.11. The maximum absolute atomic E-state index is 14.0. The molecule has 332 valence electrons. The molecule has 0 unspecified atom stereocenters. The zero-order chi connectivity index (χ0) is 45.2. The van der Waals surface area contributed by atoms with Crippen molar-refractivity contribution in [1.29, 1.82) is 0 Å². The first-order chi connectivity index (χ1) is 31.0. The van der Waals surface area contributed by atoms with Gasteiger partial charge in [0.1, 0.15) is 18.0 Å². The summed E-state index contributed by atoms with van der Waals surface area (Å²) < 4.78 is 53.7. The van der Waals surface area contributed by atoms with Gasteiger partial charge in [0.25, 0.3) is 0 Å². The van der Waals surface area contributed by atoms with Crippen molar-refractivity contribution >= 4 is 29.8 Å². The Balaban J connectivity index is 1.29. The summed E-state index contributed by atoms with van der Waals surface area (Å²) in [5, 5.41) is 22.2. The highest BCUT2D eigenvalue weighted by molar-refractivity contribution is 5.92. The van der Waals surface area contributed by atoms with Gasteiger partial charge in [0, 0.05) is 0 Å². The van der Waals surface area contributed by atoms with Crippen LogP contribution in [0, 0.1) is 0 Å². The molecular formula is C48H44O16. The van der Waals surface area contributed by atoms with E-state index in [9.17, 15) is 34.2 Å². The van der Waals surface area contributed by atoms with Crippen molar-refractivity contribution in [3.05, 3.63) is 173 Å². The van der Waals surface area contributed by atoms with Gasteiger partial charge in [-0.2, -0.15) is 0 Å². The Bertz CT molecular complexity index is 2350. The number of aliphatic hydroxyl groups is 2. The summed E-state index contributed by atoms with van der Waals surface area (Å²) in [5.41, 5.74) is 0.380. The smallest absolute Gasteiger partial charge is 0.338 e. The first-order valence-electron chi connectivity index (χ1n) is 20.2. The van der Waals surface area contributed by atoms with Gasteiger partial charge >= 0.3 is 29.8 Å². The van der Waals surface area contributed by atoms with Crippen molar-refractivity contribution in [3.63, 3.8) is 0 Å². The number of esters is 5. The largest absolute Gasteiger partial charge is 0.497 e. The average Bonchev–Trinajstić information content (AvgIpc) is 3.33. The minimum absolute atomic E-state index is 0.0488. The summed E-state index contributed by atoms with van der Waals surface area (Å²) >= 11 is 0. The number of aliphatic hydroxyl groups excluding tert-OH is 2. The fourth-order valence-electron chi connectivity index (χ4n) is 7.11. The van der Waals surface area contributed by atoms with Gasteiger partial charge in [-0.1, -0.05) is 72.8 Å². The molecule has 0 bridgehead atoms. The van der Waals surface area contributed by atoms with Crippen LogP contribution in [-0.2, 0) is 37.9 Å².